The van der Waals surface area contributed by atoms with E-state index in [-0.39, 0.29) is 17.0 Å². The molecule has 1 amide bonds. The van der Waals surface area contributed by atoms with Crippen LogP contribution >= 0.6 is 11.8 Å². The topological polar surface area (TPSA) is 46.1 Å². The molecule has 1 aromatic heterocycles. The molecule has 6 heteroatoms. The van der Waals surface area contributed by atoms with E-state index in [9.17, 15) is 9.18 Å². The summed E-state index contributed by atoms with van der Waals surface area (Å²) in [7, 11) is 0. The zero-order valence-corrected chi connectivity index (χ0v) is 18.2. The van der Waals surface area contributed by atoms with E-state index in [1.165, 1.54) is 30.3 Å². The number of hydrogen-bond acceptors (Lipinski definition) is 4. The fraction of sp³-hybridized carbons (Fsp3) is 0.375. The molecule has 30 heavy (non-hydrogen) atoms. The fourth-order valence-electron chi connectivity index (χ4n) is 4.15. The number of amides is 1. The number of benzene rings is 2. The second-order valence-corrected chi connectivity index (χ2v) is 9.09. The van der Waals surface area contributed by atoms with E-state index in [1.54, 1.807) is 12.1 Å². The normalized spacial score (nSPS) is 17.8. The molecule has 2 aromatic carbocycles. The molecule has 2 atom stereocenters. The van der Waals surface area contributed by atoms with Crippen molar-refractivity contribution in [2.75, 3.05) is 6.54 Å². The number of carbonyl (C=O) groups is 1. The summed E-state index contributed by atoms with van der Waals surface area (Å²) in [6.07, 6.45) is 4.37. The Morgan fingerprint density at radius 2 is 1.87 bits per heavy atom. The second kappa shape index (κ2) is 9.13. The Kier molecular flexibility index (Phi) is 6.32. The van der Waals surface area contributed by atoms with Crippen LogP contribution in [0, 0.1) is 5.82 Å². The Morgan fingerprint density at radius 3 is 2.60 bits per heavy atom. The predicted molar refractivity (Wildman–Crippen MR) is 120 cm³/mol. The smallest absolute Gasteiger partial charge is 0.236 e. The van der Waals surface area contributed by atoms with E-state index >= 15 is 0 Å². The van der Waals surface area contributed by atoms with Crippen molar-refractivity contribution in [1.29, 1.82) is 0 Å². The van der Waals surface area contributed by atoms with Gasteiger partial charge >= 0.3 is 0 Å². The molecular formula is C24H26FN3OS. The number of thioether (sulfide) groups is 1. The third-order valence-electron chi connectivity index (χ3n) is 5.79. The average Bonchev–Trinajstić information content (AvgIpc) is 2.79. The molecule has 4 nitrogen and oxygen atoms in total. The van der Waals surface area contributed by atoms with Crippen LogP contribution in [-0.4, -0.2) is 38.8 Å². The summed E-state index contributed by atoms with van der Waals surface area (Å²) < 4.78 is 13.3. The number of rotatable bonds is 5. The van der Waals surface area contributed by atoms with Crippen LogP contribution < -0.4 is 0 Å². The molecule has 1 aliphatic heterocycles. The van der Waals surface area contributed by atoms with Crippen molar-refractivity contribution >= 4 is 28.4 Å². The molecule has 0 bridgehead atoms. The monoisotopic (exact) mass is 423 g/mol. The van der Waals surface area contributed by atoms with Gasteiger partial charge in [-0.05, 0) is 56.9 Å². The Labute approximate surface area is 180 Å². The van der Waals surface area contributed by atoms with Gasteiger partial charge in [-0.1, -0.05) is 43.0 Å². The number of carbonyl (C=O) groups excluding carboxylic acids is 1. The lowest BCUT2D eigenvalue weighted by Crippen LogP contribution is -2.46. The first-order chi connectivity index (χ1) is 14.6. The largest absolute Gasteiger partial charge is 0.339 e. The van der Waals surface area contributed by atoms with Crippen LogP contribution in [0.4, 0.5) is 4.39 Å². The van der Waals surface area contributed by atoms with Crippen LogP contribution in [0.5, 0.6) is 0 Å². The molecule has 0 aliphatic carbocycles. The maximum absolute atomic E-state index is 13.3. The van der Waals surface area contributed by atoms with Crippen LogP contribution in [0.3, 0.4) is 0 Å². The van der Waals surface area contributed by atoms with Gasteiger partial charge in [-0.2, -0.15) is 0 Å². The number of piperidine rings is 1. The number of fused-ring (bicyclic) bond motifs is 1. The summed E-state index contributed by atoms with van der Waals surface area (Å²) >= 11 is 1.47. The highest BCUT2D eigenvalue weighted by atomic mass is 32.2. The SMILES string of the molecule is CCC1CCCCN1C(=O)C(C)Sc1nnc(-c2ccc(F)cc2)c2ccccc12. The van der Waals surface area contributed by atoms with Gasteiger partial charge in [-0.15, -0.1) is 10.2 Å². The highest BCUT2D eigenvalue weighted by Gasteiger charge is 2.29. The van der Waals surface area contributed by atoms with Crippen LogP contribution in [0.2, 0.25) is 0 Å². The molecule has 1 saturated heterocycles. The molecule has 1 fully saturated rings. The minimum absolute atomic E-state index is 0.181. The molecule has 2 heterocycles. The Hall–Kier alpha value is -2.47. The van der Waals surface area contributed by atoms with Crippen molar-refractivity contribution in [1.82, 2.24) is 15.1 Å². The number of aromatic nitrogens is 2. The van der Waals surface area contributed by atoms with Gasteiger partial charge in [0.1, 0.15) is 16.5 Å². The van der Waals surface area contributed by atoms with Gasteiger partial charge in [0.15, 0.2) is 0 Å². The number of likely N-dealkylation sites (tertiary alicyclic amines) is 1. The van der Waals surface area contributed by atoms with Crippen LogP contribution in [-0.2, 0) is 4.79 Å². The first-order valence-electron chi connectivity index (χ1n) is 10.6. The van der Waals surface area contributed by atoms with E-state index in [4.69, 9.17) is 0 Å². The van der Waals surface area contributed by atoms with Gasteiger partial charge in [0.25, 0.3) is 0 Å². The van der Waals surface area contributed by atoms with Crippen molar-refractivity contribution in [2.45, 2.75) is 55.8 Å². The van der Waals surface area contributed by atoms with Crippen molar-refractivity contribution in [2.24, 2.45) is 0 Å². The molecular weight excluding hydrogens is 397 g/mol. The summed E-state index contributed by atoms with van der Waals surface area (Å²) in [5.74, 6) is -0.0985. The fourth-order valence-corrected chi connectivity index (χ4v) is 5.12. The van der Waals surface area contributed by atoms with Crippen LogP contribution in [0.15, 0.2) is 53.6 Å². The summed E-state index contributed by atoms with van der Waals surface area (Å²) in [6, 6.07) is 14.6. The molecule has 0 saturated carbocycles. The van der Waals surface area contributed by atoms with Crippen molar-refractivity contribution in [3.8, 4) is 11.3 Å². The maximum atomic E-state index is 13.3. The number of hydrogen-bond donors (Lipinski definition) is 0. The molecule has 0 radical (unpaired) electrons. The minimum Gasteiger partial charge on any atom is -0.339 e. The third-order valence-corrected chi connectivity index (χ3v) is 6.87. The maximum Gasteiger partial charge on any atom is 0.236 e. The molecule has 156 valence electrons. The second-order valence-electron chi connectivity index (χ2n) is 7.76. The van der Waals surface area contributed by atoms with E-state index in [0.29, 0.717) is 6.04 Å². The summed E-state index contributed by atoms with van der Waals surface area (Å²) in [5, 5.41) is 11.3. The average molecular weight is 424 g/mol. The van der Waals surface area contributed by atoms with Gasteiger partial charge < -0.3 is 4.90 Å². The molecule has 2 unspecified atom stereocenters. The van der Waals surface area contributed by atoms with Gasteiger partial charge in [0.05, 0.1) is 5.25 Å². The van der Waals surface area contributed by atoms with Gasteiger partial charge in [0.2, 0.25) is 5.91 Å². The van der Waals surface area contributed by atoms with Crippen LogP contribution in [0.25, 0.3) is 22.0 Å². The highest BCUT2D eigenvalue weighted by Crippen LogP contribution is 2.34. The number of nitrogens with zero attached hydrogens (tertiary/aromatic N) is 3. The van der Waals surface area contributed by atoms with E-state index in [0.717, 1.165) is 52.9 Å². The standard InChI is InChI=1S/C24H26FN3OS/c1-3-19-8-6-7-15-28(19)24(29)16(2)30-23-21-10-5-4-9-20(21)22(26-27-23)17-11-13-18(25)14-12-17/h4-5,9-14,16,19H,3,6-8,15H2,1-2H3. The van der Waals surface area contributed by atoms with Gasteiger partial charge in [-0.3, -0.25) is 4.79 Å². The first-order valence-corrected chi connectivity index (χ1v) is 11.4. The molecule has 0 spiro atoms. The predicted octanol–water partition coefficient (Wildman–Crippen LogP) is 5.71. The first kappa shape index (κ1) is 20.8. The van der Waals surface area contributed by atoms with Crippen molar-refractivity contribution in [3.05, 3.63) is 54.3 Å². The highest BCUT2D eigenvalue weighted by molar-refractivity contribution is 8.00. The lowest BCUT2D eigenvalue weighted by Gasteiger charge is -2.36. The van der Waals surface area contributed by atoms with Crippen molar-refractivity contribution in [3.63, 3.8) is 0 Å². The van der Waals surface area contributed by atoms with E-state index in [1.807, 2.05) is 31.2 Å². The lowest BCUT2D eigenvalue weighted by atomic mass is 10.00. The van der Waals surface area contributed by atoms with E-state index in [2.05, 4.69) is 22.0 Å². The zero-order valence-electron chi connectivity index (χ0n) is 17.3. The van der Waals surface area contributed by atoms with E-state index < -0.39 is 0 Å². The third kappa shape index (κ3) is 4.19. The zero-order chi connectivity index (χ0) is 21.1. The van der Waals surface area contributed by atoms with Crippen LogP contribution in [0.1, 0.15) is 39.5 Å². The van der Waals surface area contributed by atoms with Gasteiger partial charge in [-0.25, -0.2) is 4.39 Å². The Morgan fingerprint density at radius 1 is 1.13 bits per heavy atom. The Balaban J connectivity index is 1.62. The van der Waals surface area contributed by atoms with Crippen molar-refractivity contribution < 1.29 is 9.18 Å². The summed E-state index contributed by atoms with van der Waals surface area (Å²) in [4.78, 5) is 15.2. The molecule has 1 aliphatic rings. The number of halogens is 1. The lowest BCUT2D eigenvalue weighted by molar-refractivity contribution is -0.134. The summed E-state index contributed by atoms with van der Waals surface area (Å²) in [6.45, 7) is 4.96. The Bertz CT molecular complexity index is 1040. The minimum atomic E-state index is -0.279. The quantitative estimate of drug-likeness (QED) is 0.493. The molecule has 3 aromatic rings. The molecule has 0 N–H and O–H groups in total. The molecule has 4 rings (SSSR count). The summed E-state index contributed by atoms with van der Waals surface area (Å²) in [5.41, 5.74) is 1.54. The van der Waals surface area contributed by atoms with Gasteiger partial charge in [0, 0.05) is 28.9 Å².